The Kier molecular flexibility index (Phi) is 38.3. The molecule has 0 bridgehead atoms. The number of hydrogen-bond donors (Lipinski definition) is 3. The van der Waals surface area contributed by atoms with Crippen molar-refractivity contribution in [1.29, 1.82) is 0 Å². The van der Waals surface area contributed by atoms with Crippen LogP contribution in [0.5, 0.6) is 0 Å². The van der Waals surface area contributed by atoms with Crippen LogP contribution in [0.25, 0.3) is 0 Å². The third-order valence-electron chi connectivity index (χ3n) is 8.01. The maximum absolute atomic E-state index is 12.1. The second kappa shape index (κ2) is 40.6. The highest BCUT2D eigenvalue weighted by atomic mass is 31.2. The van der Waals surface area contributed by atoms with E-state index in [2.05, 4.69) is 116 Å². The highest BCUT2D eigenvalue weighted by Crippen LogP contribution is 2.42. The van der Waals surface area contributed by atoms with Crippen molar-refractivity contribution in [3.8, 4) is 0 Å². The van der Waals surface area contributed by atoms with Gasteiger partial charge in [0.1, 0.15) is 12.7 Å². The third-order valence-corrected chi connectivity index (χ3v) is 8.99. The average Bonchev–Trinajstić information content (AvgIpc) is 3.17. The summed E-state index contributed by atoms with van der Waals surface area (Å²) in [5.74, 6) is -0.576. The highest BCUT2D eigenvalue weighted by molar-refractivity contribution is 7.47. The Morgan fingerprint density at radius 2 is 0.982 bits per heavy atom. The van der Waals surface area contributed by atoms with Crippen LogP contribution in [-0.4, -0.2) is 54.3 Å². The molecule has 0 aromatic heterocycles. The number of esters is 1. The summed E-state index contributed by atoms with van der Waals surface area (Å²) in [4.78, 5) is 33.8. The van der Waals surface area contributed by atoms with E-state index in [9.17, 15) is 24.2 Å². The smallest absolute Gasteiger partial charge is 0.463 e. The molecule has 0 heterocycles. The van der Waals surface area contributed by atoms with E-state index in [1.54, 1.807) is 0 Å². The maximum Gasteiger partial charge on any atom is 0.472 e. The Morgan fingerprint density at radius 1 is 0.564 bits per heavy atom. The van der Waals surface area contributed by atoms with Gasteiger partial charge in [0.15, 0.2) is 0 Å². The lowest BCUT2D eigenvalue weighted by molar-refractivity contribution is -0.147. The maximum atomic E-state index is 12.1. The third kappa shape index (κ3) is 41.9. The summed E-state index contributed by atoms with van der Waals surface area (Å²) in [5, 5.41) is 12.7. The summed E-state index contributed by atoms with van der Waals surface area (Å²) >= 11 is 0. The fourth-order valence-corrected chi connectivity index (χ4v) is 5.71. The van der Waals surface area contributed by atoms with Gasteiger partial charge < -0.3 is 20.1 Å². The van der Waals surface area contributed by atoms with Gasteiger partial charge in [-0.3, -0.25) is 18.6 Å². The van der Waals surface area contributed by atoms with Crippen molar-refractivity contribution in [3.63, 3.8) is 0 Å². The van der Waals surface area contributed by atoms with Gasteiger partial charge in [-0.05, 0) is 89.9 Å². The summed E-state index contributed by atoms with van der Waals surface area (Å²) in [6, 6.07) is 0. The molecule has 0 radical (unpaired) electrons. The van der Waals surface area contributed by atoms with Crippen LogP contribution in [0.15, 0.2) is 97.2 Å². The van der Waals surface area contributed by atoms with Crippen molar-refractivity contribution in [2.75, 3.05) is 26.4 Å². The molecule has 0 aliphatic rings. The van der Waals surface area contributed by atoms with Gasteiger partial charge in [-0.25, -0.2) is 4.57 Å². The molecule has 9 nitrogen and oxygen atoms in total. The van der Waals surface area contributed by atoms with Gasteiger partial charge >= 0.3 is 13.8 Å². The van der Waals surface area contributed by atoms with Gasteiger partial charge in [-0.15, -0.1) is 0 Å². The van der Waals surface area contributed by atoms with E-state index in [0.717, 1.165) is 109 Å². The van der Waals surface area contributed by atoms with E-state index in [1.807, 2.05) is 0 Å². The number of phosphoric acid groups is 1. The molecule has 10 heteroatoms. The molecule has 0 saturated heterocycles. The number of aliphatic hydroxyl groups excluding tert-OH is 1. The second-order valence-electron chi connectivity index (χ2n) is 13.2. The van der Waals surface area contributed by atoms with E-state index in [-0.39, 0.29) is 32.1 Å². The number of unbranched alkanes of at least 4 members (excludes halogenated alkanes) is 8. The number of aliphatic hydroxyl groups is 1. The van der Waals surface area contributed by atoms with Crippen LogP contribution in [0.4, 0.5) is 0 Å². The summed E-state index contributed by atoms with van der Waals surface area (Å²) < 4.78 is 26.8. The number of nitrogens with one attached hydrogen (secondary N) is 1. The summed E-state index contributed by atoms with van der Waals surface area (Å²) in [6.45, 7) is 3.23. The number of carbonyl (C=O) groups is 2. The van der Waals surface area contributed by atoms with Crippen LogP contribution in [0, 0.1) is 0 Å². The van der Waals surface area contributed by atoms with Crippen molar-refractivity contribution in [1.82, 2.24) is 5.32 Å². The largest absolute Gasteiger partial charge is 0.472 e. The quantitative estimate of drug-likeness (QED) is 0.0245. The van der Waals surface area contributed by atoms with Crippen molar-refractivity contribution >= 4 is 19.7 Å². The minimum absolute atomic E-state index is 0.0572. The van der Waals surface area contributed by atoms with Crippen LogP contribution in [0.1, 0.15) is 142 Å². The molecule has 55 heavy (non-hydrogen) atoms. The standard InChI is InChI=1S/C45H74NO8P/c1-3-5-7-9-11-13-15-17-18-19-20-21-22-23-24-26-28-30-32-34-36-38-45(49)52-41-43(47)42-54-55(50,51)53-40-39-46-44(48)37-35-33-31-29-27-25-16-14-12-10-8-6-4-2/h5-8,11-14,17-18,20-21,23-25,27,43,47H,3-4,9-10,15-16,19,22,26,28-42H2,1-2H3,(H,46,48)(H,50,51)/b7-5-,8-6-,13-11-,14-12-,18-17-,21-20-,24-23-,27-25-. The minimum Gasteiger partial charge on any atom is -0.463 e. The number of hydrogen-bond acceptors (Lipinski definition) is 7. The van der Waals surface area contributed by atoms with Crippen molar-refractivity contribution < 1.29 is 37.9 Å². The van der Waals surface area contributed by atoms with Crippen LogP contribution in [0.2, 0.25) is 0 Å². The number of carbonyl (C=O) groups excluding carboxylic acids is 2. The molecule has 1 amide bonds. The second-order valence-corrected chi connectivity index (χ2v) is 14.6. The molecule has 0 saturated carbocycles. The first-order valence-corrected chi connectivity index (χ1v) is 22.2. The topological polar surface area (TPSA) is 131 Å². The Labute approximate surface area is 334 Å². The molecule has 0 aromatic carbocycles. The number of allylic oxidation sites excluding steroid dienone is 16. The van der Waals surface area contributed by atoms with Gasteiger partial charge in [0, 0.05) is 19.4 Å². The zero-order valence-electron chi connectivity index (χ0n) is 34.1. The van der Waals surface area contributed by atoms with Gasteiger partial charge in [-0.2, -0.15) is 0 Å². The Hall–Kier alpha value is -3.07. The summed E-state index contributed by atoms with van der Waals surface area (Å²) in [5.41, 5.74) is 0. The molecule has 2 unspecified atom stereocenters. The van der Waals surface area contributed by atoms with E-state index in [4.69, 9.17) is 13.8 Å². The Balaban J connectivity index is 3.71. The summed E-state index contributed by atoms with van der Waals surface area (Å²) in [6.07, 6.45) is 52.0. The van der Waals surface area contributed by atoms with E-state index >= 15 is 0 Å². The zero-order valence-corrected chi connectivity index (χ0v) is 35.0. The number of ether oxygens (including phenoxy) is 1. The fourth-order valence-electron chi connectivity index (χ4n) is 4.95. The van der Waals surface area contributed by atoms with E-state index in [0.29, 0.717) is 12.8 Å². The number of rotatable bonds is 37. The number of amides is 1. The fraction of sp³-hybridized carbons (Fsp3) is 0.600. The van der Waals surface area contributed by atoms with Gasteiger partial charge in [-0.1, -0.05) is 137 Å². The first-order valence-electron chi connectivity index (χ1n) is 20.7. The molecule has 0 aliphatic heterocycles. The summed E-state index contributed by atoms with van der Waals surface area (Å²) in [7, 11) is -4.43. The SMILES string of the molecule is CC/C=C\C/C=C\C/C=C\C/C=C\C/C=C\CCCCCCCC(=O)OCC(O)COP(=O)(O)OCCNC(=O)CCCCC/C=C\C/C=C\C/C=C\CC. The highest BCUT2D eigenvalue weighted by Gasteiger charge is 2.23. The van der Waals surface area contributed by atoms with Crippen molar-refractivity contribution in [3.05, 3.63) is 97.2 Å². The molecule has 0 spiro atoms. The average molecular weight is 788 g/mol. The van der Waals surface area contributed by atoms with Crippen LogP contribution < -0.4 is 5.32 Å². The van der Waals surface area contributed by atoms with Gasteiger partial charge in [0.05, 0.1) is 13.2 Å². The lowest BCUT2D eigenvalue weighted by atomic mass is 10.1. The Morgan fingerprint density at radius 3 is 1.49 bits per heavy atom. The molecule has 0 fully saturated rings. The molecule has 3 N–H and O–H groups in total. The van der Waals surface area contributed by atoms with Crippen molar-refractivity contribution in [2.24, 2.45) is 0 Å². The molecule has 0 aromatic rings. The predicted octanol–water partition coefficient (Wildman–Crippen LogP) is 11.4. The lowest BCUT2D eigenvalue weighted by Gasteiger charge is -2.15. The van der Waals surface area contributed by atoms with Gasteiger partial charge in [0.25, 0.3) is 0 Å². The zero-order chi connectivity index (χ0) is 40.3. The van der Waals surface area contributed by atoms with Crippen molar-refractivity contribution in [2.45, 2.75) is 148 Å². The lowest BCUT2D eigenvalue weighted by Crippen LogP contribution is -2.27. The van der Waals surface area contributed by atoms with Crippen LogP contribution >= 0.6 is 7.82 Å². The monoisotopic (exact) mass is 788 g/mol. The Bertz CT molecular complexity index is 1220. The molecule has 0 rings (SSSR count). The molecule has 312 valence electrons. The molecular formula is C45H74NO8P. The minimum atomic E-state index is -4.43. The van der Waals surface area contributed by atoms with E-state index in [1.165, 1.54) is 0 Å². The van der Waals surface area contributed by atoms with Gasteiger partial charge in [0.2, 0.25) is 5.91 Å². The molecular weight excluding hydrogens is 713 g/mol. The molecule has 2 atom stereocenters. The van der Waals surface area contributed by atoms with Crippen LogP contribution in [-0.2, 0) is 27.9 Å². The molecule has 0 aliphatic carbocycles. The first kappa shape index (κ1) is 51.9. The normalized spacial score (nSPS) is 14.3. The first-order chi connectivity index (χ1) is 26.8. The van der Waals surface area contributed by atoms with E-state index < -0.39 is 26.5 Å². The van der Waals surface area contributed by atoms with Crippen LogP contribution in [0.3, 0.4) is 0 Å². The number of phosphoric ester groups is 1. The predicted molar refractivity (Wildman–Crippen MR) is 229 cm³/mol.